The highest BCUT2D eigenvalue weighted by atomic mass is 35.5. The van der Waals surface area contributed by atoms with Gasteiger partial charge in [0.1, 0.15) is 17.9 Å². The van der Waals surface area contributed by atoms with Crippen LogP contribution in [0.4, 0.5) is 28.8 Å². The molecule has 1 heterocycles. The van der Waals surface area contributed by atoms with Gasteiger partial charge in [-0.2, -0.15) is 4.98 Å². The molecule has 0 radical (unpaired) electrons. The molecule has 0 aliphatic heterocycles. The number of halogens is 1. The van der Waals surface area contributed by atoms with Gasteiger partial charge in [0.05, 0.1) is 41.5 Å². The average molecular weight is 579 g/mol. The van der Waals surface area contributed by atoms with E-state index in [-0.39, 0.29) is 22.4 Å². The van der Waals surface area contributed by atoms with E-state index in [0.29, 0.717) is 39.5 Å². The number of methoxy groups -OCH3 is 1. The van der Waals surface area contributed by atoms with Crippen molar-refractivity contribution in [2.45, 2.75) is 18.4 Å². The second-order valence-electron chi connectivity index (χ2n) is 9.98. The predicted octanol–water partition coefficient (Wildman–Crippen LogP) is 5.44. The molecule has 208 valence electrons. The summed E-state index contributed by atoms with van der Waals surface area (Å²) in [5, 5.41) is 10.1. The number of ether oxygens (including phenoxy) is 1. The molecule has 2 aromatic carbocycles. The fourth-order valence-corrected chi connectivity index (χ4v) is 5.33. The third-order valence-corrected chi connectivity index (χ3v) is 8.35. The molecule has 11 heteroatoms. The van der Waals surface area contributed by atoms with Crippen molar-refractivity contribution in [3.63, 3.8) is 0 Å². The molecule has 1 fully saturated rings. The van der Waals surface area contributed by atoms with Crippen molar-refractivity contribution in [2.75, 3.05) is 50.5 Å². The Balaban J connectivity index is 1.70. The Hall–Kier alpha value is -3.83. The minimum atomic E-state index is -2.56. The molecular weight excluding hydrogens is 547 g/mol. The molecule has 0 unspecified atom stereocenters. The van der Waals surface area contributed by atoms with Gasteiger partial charge in [0.2, 0.25) is 11.9 Å². The molecule has 1 aromatic heterocycles. The van der Waals surface area contributed by atoms with Gasteiger partial charge < -0.3 is 25.3 Å². The summed E-state index contributed by atoms with van der Waals surface area (Å²) in [6.45, 7) is 6.96. The Morgan fingerprint density at radius 2 is 1.90 bits per heavy atom. The number of amides is 1. The van der Waals surface area contributed by atoms with Gasteiger partial charge in [0, 0.05) is 11.4 Å². The summed E-state index contributed by atoms with van der Waals surface area (Å²) in [7, 11) is 2.99. The van der Waals surface area contributed by atoms with Crippen LogP contribution in [0.1, 0.15) is 18.4 Å². The van der Waals surface area contributed by atoms with Crippen molar-refractivity contribution in [1.29, 1.82) is 0 Å². The number of benzene rings is 2. The summed E-state index contributed by atoms with van der Waals surface area (Å²) in [5.41, 5.74) is 2.07. The van der Waals surface area contributed by atoms with Gasteiger partial charge >= 0.3 is 0 Å². The maximum Gasteiger partial charge on any atom is 0.247 e. The van der Waals surface area contributed by atoms with Gasteiger partial charge in [-0.25, -0.2) is 4.98 Å². The topological polar surface area (TPSA) is 108 Å². The minimum absolute atomic E-state index is 0.160. The first-order valence-electron chi connectivity index (χ1n) is 12.5. The highest BCUT2D eigenvalue weighted by Crippen LogP contribution is 2.41. The maximum atomic E-state index is 12.8. The van der Waals surface area contributed by atoms with Crippen molar-refractivity contribution in [2.24, 2.45) is 0 Å². The van der Waals surface area contributed by atoms with Crippen LogP contribution in [-0.2, 0) is 9.36 Å². The number of anilines is 5. The molecule has 40 heavy (non-hydrogen) atoms. The molecule has 9 nitrogen and oxygen atoms in total. The van der Waals surface area contributed by atoms with Crippen LogP contribution < -0.4 is 26.0 Å². The summed E-state index contributed by atoms with van der Waals surface area (Å²) >= 11 is 6.41. The van der Waals surface area contributed by atoms with Crippen molar-refractivity contribution in [1.82, 2.24) is 14.9 Å². The standard InChI is InChI=1S/C29H32ClN6O3P/c1-7-26(37)32-22-17-23(24(39-4)16-19(22)12-13-29(14-15-29)36(2)3)34-28-31-18-20(30)27(35-28)33-21-10-8-9-11-25(21)40(5,6)38/h7-11,16-18H,1,14-15H2,2-6H3,(H,32,37)(H2,31,33,34,35). The smallest absolute Gasteiger partial charge is 0.247 e. The van der Waals surface area contributed by atoms with Crippen LogP contribution in [0.5, 0.6) is 5.75 Å². The molecule has 0 spiro atoms. The second kappa shape index (κ2) is 11.7. The number of hydrogen-bond donors (Lipinski definition) is 3. The van der Waals surface area contributed by atoms with E-state index < -0.39 is 7.14 Å². The number of carbonyl (C=O) groups excluding carboxylic acids is 1. The first-order chi connectivity index (χ1) is 19.0. The van der Waals surface area contributed by atoms with Crippen LogP contribution in [0.15, 0.2) is 55.3 Å². The lowest BCUT2D eigenvalue weighted by Gasteiger charge is -2.18. The van der Waals surface area contributed by atoms with E-state index in [1.165, 1.54) is 12.3 Å². The SMILES string of the molecule is C=CC(=O)Nc1cc(Nc2ncc(Cl)c(Nc3ccccc3P(C)(C)=O)n2)c(OC)cc1C#CC1(N(C)C)CC1. The van der Waals surface area contributed by atoms with Crippen LogP contribution in [0, 0.1) is 11.8 Å². The fourth-order valence-electron chi connectivity index (χ4n) is 4.04. The van der Waals surface area contributed by atoms with Gasteiger partial charge in [-0.05, 0) is 64.5 Å². The van der Waals surface area contributed by atoms with E-state index in [0.717, 1.165) is 12.8 Å². The lowest BCUT2D eigenvalue weighted by atomic mass is 10.1. The lowest BCUT2D eigenvalue weighted by molar-refractivity contribution is -0.111. The number of para-hydroxylation sites is 1. The van der Waals surface area contributed by atoms with Crippen molar-refractivity contribution in [3.05, 3.63) is 65.8 Å². The Labute approximate surface area is 239 Å². The lowest BCUT2D eigenvalue weighted by Crippen LogP contribution is -2.28. The van der Waals surface area contributed by atoms with Gasteiger partial charge in [-0.1, -0.05) is 42.2 Å². The molecule has 3 aromatic rings. The van der Waals surface area contributed by atoms with E-state index >= 15 is 0 Å². The zero-order valence-electron chi connectivity index (χ0n) is 23.1. The quantitative estimate of drug-likeness (QED) is 0.175. The molecule has 0 saturated heterocycles. The van der Waals surface area contributed by atoms with Crippen molar-refractivity contribution in [3.8, 4) is 17.6 Å². The molecule has 4 rings (SSSR count). The zero-order chi connectivity index (χ0) is 29.1. The van der Waals surface area contributed by atoms with E-state index in [1.807, 2.05) is 38.4 Å². The highest BCUT2D eigenvalue weighted by molar-refractivity contribution is 7.70. The highest BCUT2D eigenvalue weighted by Gasteiger charge is 2.43. The second-order valence-corrected chi connectivity index (χ2v) is 13.6. The van der Waals surface area contributed by atoms with Gasteiger partial charge in [0.25, 0.3) is 0 Å². The first-order valence-corrected chi connectivity index (χ1v) is 15.5. The fraction of sp³-hybridized carbons (Fsp3) is 0.276. The largest absolute Gasteiger partial charge is 0.495 e. The number of carbonyl (C=O) groups is 1. The Kier molecular flexibility index (Phi) is 8.55. The number of rotatable bonds is 9. The summed E-state index contributed by atoms with van der Waals surface area (Å²) in [5.74, 6) is 7.24. The molecule has 3 N–H and O–H groups in total. The predicted molar refractivity (Wildman–Crippen MR) is 163 cm³/mol. The van der Waals surface area contributed by atoms with E-state index in [9.17, 15) is 9.36 Å². The first kappa shape index (κ1) is 29.2. The minimum Gasteiger partial charge on any atom is -0.495 e. The Morgan fingerprint density at radius 3 is 2.52 bits per heavy atom. The molecule has 1 aliphatic rings. The number of aromatic nitrogens is 2. The summed E-state index contributed by atoms with van der Waals surface area (Å²) < 4.78 is 18.4. The van der Waals surface area contributed by atoms with Crippen molar-refractivity contribution >= 4 is 58.8 Å². The zero-order valence-corrected chi connectivity index (χ0v) is 24.8. The molecule has 0 bridgehead atoms. The van der Waals surface area contributed by atoms with Crippen molar-refractivity contribution < 1.29 is 14.1 Å². The number of nitrogens with one attached hydrogen (secondary N) is 3. The summed E-state index contributed by atoms with van der Waals surface area (Å²) in [6, 6.07) is 10.8. The summed E-state index contributed by atoms with van der Waals surface area (Å²) in [4.78, 5) is 23.2. The monoisotopic (exact) mass is 578 g/mol. The number of hydrogen-bond acceptors (Lipinski definition) is 8. The molecule has 1 aliphatic carbocycles. The maximum absolute atomic E-state index is 12.8. The van der Waals surface area contributed by atoms with Gasteiger partial charge in [-0.15, -0.1) is 0 Å². The van der Waals surface area contributed by atoms with Crippen LogP contribution in [-0.4, -0.2) is 60.8 Å². The van der Waals surface area contributed by atoms with E-state index in [1.54, 1.807) is 32.6 Å². The van der Waals surface area contributed by atoms with Crippen LogP contribution in [0.25, 0.3) is 0 Å². The normalized spacial score (nSPS) is 13.6. The summed E-state index contributed by atoms with van der Waals surface area (Å²) in [6.07, 6.45) is 4.63. The molecule has 0 atom stereocenters. The van der Waals surface area contributed by atoms with Gasteiger partial charge in [-0.3, -0.25) is 9.69 Å². The molecule has 1 amide bonds. The van der Waals surface area contributed by atoms with E-state index in [2.05, 4.69) is 49.2 Å². The van der Waals surface area contributed by atoms with Crippen LogP contribution in [0.2, 0.25) is 5.02 Å². The third-order valence-electron chi connectivity index (χ3n) is 6.52. The Morgan fingerprint density at radius 1 is 1.18 bits per heavy atom. The third kappa shape index (κ3) is 6.65. The Bertz CT molecular complexity index is 1570. The van der Waals surface area contributed by atoms with Crippen LogP contribution in [0.3, 0.4) is 0 Å². The number of nitrogens with zero attached hydrogens (tertiary/aromatic N) is 3. The van der Waals surface area contributed by atoms with Gasteiger partial charge in [0.15, 0.2) is 5.82 Å². The average Bonchev–Trinajstić information content (AvgIpc) is 3.71. The molecule has 1 saturated carbocycles. The van der Waals surface area contributed by atoms with E-state index in [4.69, 9.17) is 16.3 Å². The van der Waals surface area contributed by atoms with Crippen LogP contribution >= 0.6 is 18.7 Å². The molecular formula is C29H32ClN6O3P.